The molecule has 1 amide bonds. The lowest BCUT2D eigenvalue weighted by molar-refractivity contribution is 0.102. The third-order valence-electron chi connectivity index (χ3n) is 3.93. The van der Waals surface area contributed by atoms with Gasteiger partial charge in [0.1, 0.15) is 0 Å². The Balaban J connectivity index is 1.89. The second kappa shape index (κ2) is 8.36. The van der Waals surface area contributed by atoms with E-state index >= 15 is 0 Å². The molecular formula is C19H21N3O5S2. The van der Waals surface area contributed by atoms with Crippen LogP contribution in [0, 0.1) is 0 Å². The van der Waals surface area contributed by atoms with Gasteiger partial charge in [0.05, 0.1) is 34.9 Å². The summed E-state index contributed by atoms with van der Waals surface area (Å²) in [6.07, 6.45) is 0. The van der Waals surface area contributed by atoms with Gasteiger partial charge in [-0.3, -0.25) is 10.1 Å². The molecule has 0 aliphatic rings. The van der Waals surface area contributed by atoms with Crippen molar-refractivity contribution in [2.45, 2.75) is 24.8 Å². The Morgan fingerprint density at radius 1 is 1.14 bits per heavy atom. The maximum Gasteiger partial charge on any atom is 0.261 e. The molecule has 3 aromatic rings. The molecule has 2 aromatic carbocycles. The van der Waals surface area contributed by atoms with Crippen LogP contribution in [0.15, 0.2) is 41.3 Å². The second-order valence-corrected chi connectivity index (χ2v) is 9.16. The van der Waals surface area contributed by atoms with Crippen molar-refractivity contribution < 1.29 is 22.7 Å². The number of nitrogens with one attached hydrogen (secondary N) is 2. The summed E-state index contributed by atoms with van der Waals surface area (Å²) in [7, 11) is -0.663. The molecule has 0 saturated heterocycles. The summed E-state index contributed by atoms with van der Waals surface area (Å²) in [6.45, 7) is 3.51. The summed E-state index contributed by atoms with van der Waals surface area (Å²) in [5.74, 6) is 0.354. The zero-order chi connectivity index (χ0) is 21.2. The summed E-state index contributed by atoms with van der Waals surface area (Å²) >= 11 is 1.19. The Hall–Kier alpha value is -2.69. The fraction of sp³-hybridized carbons (Fsp3) is 0.263. The number of hydrogen-bond acceptors (Lipinski definition) is 7. The monoisotopic (exact) mass is 435 g/mol. The zero-order valence-corrected chi connectivity index (χ0v) is 18.0. The lowest BCUT2D eigenvalue weighted by Crippen LogP contribution is -2.30. The van der Waals surface area contributed by atoms with Gasteiger partial charge < -0.3 is 9.47 Å². The van der Waals surface area contributed by atoms with Gasteiger partial charge in [0.2, 0.25) is 10.0 Å². The van der Waals surface area contributed by atoms with Crippen LogP contribution in [0.1, 0.15) is 24.2 Å². The number of fused-ring (bicyclic) bond motifs is 1. The molecule has 0 saturated carbocycles. The molecule has 0 aliphatic carbocycles. The number of sulfonamides is 1. The first kappa shape index (κ1) is 21.0. The van der Waals surface area contributed by atoms with Crippen LogP contribution >= 0.6 is 11.3 Å². The number of anilines is 1. The summed E-state index contributed by atoms with van der Waals surface area (Å²) in [4.78, 5) is 17.2. The fourth-order valence-corrected chi connectivity index (χ4v) is 4.99. The van der Waals surface area contributed by atoms with Gasteiger partial charge in [0.25, 0.3) is 5.91 Å². The molecule has 0 bridgehead atoms. The van der Waals surface area contributed by atoms with Crippen molar-refractivity contribution in [3.63, 3.8) is 0 Å². The highest BCUT2D eigenvalue weighted by Crippen LogP contribution is 2.32. The van der Waals surface area contributed by atoms with Crippen molar-refractivity contribution >= 4 is 42.6 Å². The van der Waals surface area contributed by atoms with Gasteiger partial charge in [-0.2, -0.15) is 0 Å². The molecule has 0 unspecified atom stereocenters. The summed E-state index contributed by atoms with van der Waals surface area (Å²) < 4.78 is 38.4. The fourth-order valence-electron chi connectivity index (χ4n) is 2.73. The van der Waals surface area contributed by atoms with E-state index in [0.717, 1.165) is 0 Å². The molecule has 0 fully saturated rings. The van der Waals surface area contributed by atoms with Crippen LogP contribution in [0.2, 0.25) is 0 Å². The van der Waals surface area contributed by atoms with E-state index in [-0.39, 0.29) is 10.9 Å². The summed E-state index contributed by atoms with van der Waals surface area (Å²) in [6, 6.07) is 9.43. The first-order valence-electron chi connectivity index (χ1n) is 8.70. The summed E-state index contributed by atoms with van der Waals surface area (Å²) in [5, 5.41) is 3.08. The number of benzene rings is 2. The maximum atomic E-state index is 12.7. The Morgan fingerprint density at radius 2 is 1.90 bits per heavy atom. The molecule has 29 heavy (non-hydrogen) atoms. The Kier molecular flexibility index (Phi) is 6.06. The van der Waals surface area contributed by atoms with Crippen LogP contribution < -0.4 is 19.5 Å². The Labute approximate surface area is 172 Å². The van der Waals surface area contributed by atoms with Gasteiger partial charge in [-0.1, -0.05) is 17.4 Å². The smallest absolute Gasteiger partial charge is 0.261 e. The molecule has 1 heterocycles. The largest absolute Gasteiger partial charge is 0.493 e. The van der Waals surface area contributed by atoms with E-state index in [2.05, 4.69) is 15.0 Å². The van der Waals surface area contributed by atoms with Crippen molar-refractivity contribution in [3.8, 4) is 11.5 Å². The van der Waals surface area contributed by atoms with E-state index in [1.807, 2.05) is 0 Å². The first-order valence-corrected chi connectivity index (χ1v) is 11.0. The second-order valence-electron chi connectivity index (χ2n) is 6.42. The molecule has 8 nitrogen and oxygen atoms in total. The highest BCUT2D eigenvalue weighted by atomic mass is 32.2. The quantitative estimate of drug-likeness (QED) is 0.590. The lowest BCUT2D eigenvalue weighted by Gasteiger charge is -2.11. The number of carbonyl (C=O) groups excluding carboxylic acids is 1. The molecular weight excluding hydrogens is 414 g/mol. The number of thiazole rings is 1. The molecule has 0 aliphatic heterocycles. The number of nitrogens with zero attached hydrogens (tertiary/aromatic N) is 1. The van der Waals surface area contributed by atoms with E-state index in [0.29, 0.717) is 32.4 Å². The summed E-state index contributed by atoms with van der Waals surface area (Å²) in [5.41, 5.74) is 0.891. The molecule has 1 aromatic heterocycles. The van der Waals surface area contributed by atoms with Crippen LogP contribution in [0.25, 0.3) is 10.2 Å². The molecule has 0 spiro atoms. The maximum absolute atomic E-state index is 12.7. The highest BCUT2D eigenvalue weighted by molar-refractivity contribution is 7.89. The van der Waals surface area contributed by atoms with Crippen LogP contribution in [-0.2, 0) is 10.0 Å². The predicted molar refractivity (Wildman–Crippen MR) is 113 cm³/mol. The van der Waals surface area contributed by atoms with Gasteiger partial charge in [-0.25, -0.2) is 18.1 Å². The normalized spacial score (nSPS) is 11.6. The minimum absolute atomic E-state index is 0.148. The Bertz CT molecular complexity index is 1160. The van der Waals surface area contributed by atoms with Gasteiger partial charge in [-0.15, -0.1) is 0 Å². The van der Waals surface area contributed by atoms with E-state index in [4.69, 9.17) is 9.47 Å². The number of methoxy groups -OCH3 is 2. The minimum atomic E-state index is -3.61. The number of para-hydroxylation sites is 1. The van der Waals surface area contributed by atoms with E-state index in [1.54, 1.807) is 44.2 Å². The number of rotatable bonds is 7. The van der Waals surface area contributed by atoms with Gasteiger partial charge >= 0.3 is 0 Å². The SMILES string of the molecule is COc1cccc(C(=O)Nc2nc3ccc(S(=O)(=O)NC(C)C)cc3s2)c1OC. The number of aromatic nitrogens is 1. The Morgan fingerprint density at radius 3 is 2.55 bits per heavy atom. The highest BCUT2D eigenvalue weighted by Gasteiger charge is 2.19. The van der Waals surface area contributed by atoms with Crippen molar-refractivity contribution in [3.05, 3.63) is 42.0 Å². The van der Waals surface area contributed by atoms with Crippen molar-refractivity contribution in [2.75, 3.05) is 19.5 Å². The van der Waals surface area contributed by atoms with E-state index < -0.39 is 15.9 Å². The van der Waals surface area contributed by atoms with Gasteiger partial charge in [0, 0.05) is 6.04 Å². The van der Waals surface area contributed by atoms with Crippen molar-refractivity contribution in [1.82, 2.24) is 9.71 Å². The lowest BCUT2D eigenvalue weighted by atomic mass is 10.1. The molecule has 154 valence electrons. The molecule has 3 rings (SSSR count). The molecule has 0 atom stereocenters. The number of amides is 1. The van der Waals surface area contributed by atoms with Gasteiger partial charge in [0.15, 0.2) is 16.6 Å². The van der Waals surface area contributed by atoms with Crippen LogP contribution in [0.5, 0.6) is 11.5 Å². The average Bonchev–Trinajstić information content (AvgIpc) is 3.07. The number of ether oxygens (including phenoxy) is 2. The molecule has 2 N–H and O–H groups in total. The average molecular weight is 436 g/mol. The van der Waals surface area contributed by atoms with Crippen LogP contribution in [0.3, 0.4) is 0 Å². The van der Waals surface area contributed by atoms with E-state index in [9.17, 15) is 13.2 Å². The predicted octanol–water partition coefficient (Wildman–Crippen LogP) is 3.25. The van der Waals surface area contributed by atoms with Gasteiger partial charge in [-0.05, 0) is 44.2 Å². The van der Waals surface area contributed by atoms with Crippen molar-refractivity contribution in [2.24, 2.45) is 0 Å². The number of carbonyl (C=O) groups is 1. The van der Waals surface area contributed by atoms with Crippen LogP contribution in [-0.4, -0.2) is 39.6 Å². The van der Waals surface area contributed by atoms with Crippen LogP contribution in [0.4, 0.5) is 5.13 Å². The molecule has 10 heteroatoms. The zero-order valence-electron chi connectivity index (χ0n) is 16.3. The third kappa shape index (κ3) is 4.50. The number of hydrogen-bond donors (Lipinski definition) is 2. The van der Waals surface area contributed by atoms with E-state index in [1.165, 1.54) is 31.6 Å². The first-order chi connectivity index (χ1) is 13.7. The minimum Gasteiger partial charge on any atom is -0.493 e. The van der Waals surface area contributed by atoms with Crippen molar-refractivity contribution in [1.29, 1.82) is 0 Å². The molecule has 0 radical (unpaired) electrons. The third-order valence-corrected chi connectivity index (χ3v) is 6.52. The standard InChI is InChI=1S/C19H21N3O5S2/c1-11(2)22-29(24,25)12-8-9-14-16(10-12)28-19(20-14)21-18(23)13-6-5-7-15(26-3)17(13)27-4/h5-11,22H,1-4H3,(H,20,21,23). The topological polar surface area (TPSA) is 107 Å².